The maximum atomic E-state index is 10.9. The van der Waals surface area contributed by atoms with Crippen LogP contribution in [0.25, 0.3) is 0 Å². The fourth-order valence-corrected chi connectivity index (χ4v) is 8.04. The molecule has 9 heteroatoms. The maximum Gasteiger partial charge on any atom is 0.329 e. The highest BCUT2D eigenvalue weighted by Crippen LogP contribution is 2.76. The Morgan fingerprint density at radius 1 is 1.09 bits per heavy atom. The quantitative estimate of drug-likeness (QED) is 0.714. The Kier molecular flexibility index (Phi) is 4.80. The molecular formula is C2H5Cl4NO2P2. The molecule has 0 spiro atoms. The summed E-state index contributed by atoms with van der Waals surface area (Å²) in [5, 5.41) is 0. The van der Waals surface area contributed by atoms with E-state index in [0.717, 1.165) is 0 Å². The molecule has 0 aliphatic carbocycles. The van der Waals surface area contributed by atoms with Gasteiger partial charge in [0.25, 0.3) is 0 Å². The average Bonchev–Trinajstić information content (AvgIpc) is 1.56. The SMILES string of the molecule is CCN(P(=O)(Cl)Cl)P(=O)(Cl)Cl. The first-order valence-electron chi connectivity index (χ1n) is 2.46. The Balaban J connectivity index is 4.72. The minimum Gasteiger partial charge on any atom is -0.270 e. The van der Waals surface area contributed by atoms with Crippen LogP contribution in [0.15, 0.2) is 0 Å². The molecule has 0 atom stereocenters. The van der Waals surface area contributed by atoms with Gasteiger partial charge in [-0.05, 0) is 45.0 Å². The van der Waals surface area contributed by atoms with Crippen molar-refractivity contribution in [3.8, 4) is 0 Å². The number of hydrogen-bond acceptors (Lipinski definition) is 2. The third kappa shape index (κ3) is 4.38. The van der Waals surface area contributed by atoms with Crippen molar-refractivity contribution in [2.45, 2.75) is 6.92 Å². The lowest BCUT2D eigenvalue weighted by Gasteiger charge is -2.20. The van der Waals surface area contributed by atoms with E-state index in [2.05, 4.69) is 0 Å². The summed E-state index contributed by atoms with van der Waals surface area (Å²) in [6.45, 7) is 1.60. The van der Waals surface area contributed by atoms with Gasteiger partial charge in [0.15, 0.2) is 0 Å². The second-order valence-electron chi connectivity index (χ2n) is 1.56. The van der Waals surface area contributed by atoms with Gasteiger partial charge in [-0.3, -0.25) is 9.13 Å². The lowest BCUT2D eigenvalue weighted by molar-refractivity contribution is 0.534. The zero-order valence-corrected chi connectivity index (χ0v) is 10.2. The molecule has 11 heavy (non-hydrogen) atoms. The molecule has 0 fully saturated rings. The average molecular weight is 279 g/mol. The Labute approximate surface area is 83.9 Å². The van der Waals surface area contributed by atoms with Gasteiger partial charge in [0.1, 0.15) is 0 Å². The van der Waals surface area contributed by atoms with Gasteiger partial charge in [-0.15, -0.1) is 0 Å². The first kappa shape index (κ1) is 12.6. The molecular weight excluding hydrogens is 274 g/mol. The smallest absolute Gasteiger partial charge is 0.270 e. The van der Waals surface area contributed by atoms with Crippen LogP contribution in [-0.2, 0) is 9.13 Å². The predicted octanol–water partition coefficient (Wildman–Crippen LogP) is 4.48. The summed E-state index contributed by atoms with van der Waals surface area (Å²) in [5.74, 6) is -7.29. The van der Waals surface area contributed by atoms with Crippen molar-refractivity contribution in [1.82, 2.24) is 4.44 Å². The standard InChI is InChI=1S/C2H5Cl4NO2P2/c1-2-7(10(3,4)8)11(5,6)9/h2H2,1H3. The highest BCUT2D eigenvalue weighted by Gasteiger charge is 2.37. The summed E-state index contributed by atoms with van der Waals surface area (Å²) in [5.41, 5.74) is 0. The third-order valence-electron chi connectivity index (χ3n) is 0.820. The van der Waals surface area contributed by atoms with Crippen molar-refractivity contribution < 1.29 is 9.13 Å². The fraction of sp³-hybridized carbons (Fsp3) is 1.00. The molecule has 68 valence electrons. The second kappa shape index (κ2) is 4.19. The first-order chi connectivity index (χ1) is 4.69. The first-order valence-corrected chi connectivity index (χ1v) is 9.40. The molecule has 0 saturated heterocycles. The fourth-order valence-electron chi connectivity index (χ4n) is 0.451. The Bertz CT molecular complexity index is 198. The van der Waals surface area contributed by atoms with Gasteiger partial charge in [0.2, 0.25) is 0 Å². The Morgan fingerprint density at radius 3 is 1.36 bits per heavy atom. The molecule has 0 amide bonds. The van der Waals surface area contributed by atoms with Crippen molar-refractivity contribution >= 4 is 57.0 Å². The maximum absolute atomic E-state index is 10.9. The Hall–Kier alpha value is 1.58. The minimum absolute atomic E-state index is 0.0640. The van der Waals surface area contributed by atoms with Crippen LogP contribution in [0.2, 0.25) is 0 Å². The van der Waals surface area contributed by atoms with Gasteiger partial charge >= 0.3 is 12.0 Å². The largest absolute Gasteiger partial charge is 0.329 e. The van der Waals surface area contributed by atoms with Crippen LogP contribution >= 0.6 is 57.0 Å². The van der Waals surface area contributed by atoms with E-state index in [1.165, 1.54) is 6.92 Å². The van der Waals surface area contributed by atoms with E-state index in [9.17, 15) is 9.13 Å². The third-order valence-corrected chi connectivity index (χ3v) is 7.43. The molecule has 0 saturated carbocycles. The van der Waals surface area contributed by atoms with Gasteiger partial charge in [0.05, 0.1) is 0 Å². The molecule has 0 bridgehead atoms. The zero-order valence-electron chi connectivity index (χ0n) is 5.38. The lowest BCUT2D eigenvalue weighted by atomic mass is 10.8. The highest BCUT2D eigenvalue weighted by molar-refractivity contribution is 8.18. The summed E-state index contributed by atoms with van der Waals surface area (Å²) in [6, 6.07) is 0. The molecule has 0 radical (unpaired) electrons. The van der Waals surface area contributed by atoms with E-state index in [1.807, 2.05) is 0 Å². The molecule has 0 rings (SSSR count). The predicted molar refractivity (Wildman–Crippen MR) is 51.0 cm³/mol. The van der Waals surface area contributed by atoms with Gasteiger partial charge in [0, 0.05) is 6.54 Å². The van der Waals surface area contributed by atoms with Gasteiger partial charge in [-0.2, -0.15) is 4.44 Å². The molecule has 0 aliphatic rings. The van der Waals surface area contributed by atoms with Gasteiger partial charge in [-0.25, -0.2) is 0 Å². The molecule has 0 aromatic heterocycles. The Morgan fingerprint density at radius 2 is 1.36 bits per heavy atom. The van der Waals surface area contributed by atoms with E-state index < -0.39 is 12.0 Å². The summed E-state index contributed by atoms with van der Waals surface area (Å²) in [6.07, 6.45) is 0. The van der Waals surface area contributed by atoms with Crippen molar-refractivity contribution in [1.29, 1.82) is 0 Å². The lowest BCUT2D eigenvalue weighted by Crippen LogP contribution is -2.06. The van der Waals surface area contributed by atoms with E-state index >= 15 is 0 Å². The number of halogens is 4. The molecule has 3 nitrogen and oxygen atoms in total. The molecule has 0 heterocycles. The minimum atomic E-state index is -3.65. The van der Waals surface area contributed by atoms with Crippen LogP contribution in [0.5, 0.6) is 0 Å². The van der Waals surface area contributed by atoms with Crippen LogP contribution in [0.1, 0.15) is 6.92 Å². The molecule has 0 aromatic rings. The number of nitrogens with zero attached hydrogens (tertiary/aromatic N) is 1. The van der Waals surface area contributed by atoms with Crippen LogP contribution in [0.3, 0.4) is 0 Å². The van der Waals surface area contributed by atoms with Gasteiger partial charge in [-0.1, -0.05) is 6.92 Å². The summed E-state index contributed by atoms with van der Waals surface area (Å²) < 4.78 is 22.5. The van der Waals surface area contributed by atoms with Gasteiger partial charge < -0.3 is 0 Å². The van der Waals surface area contributed by atoms with E-state index in [0.29, 0.717) is 4.44 Å². The second-order valence-corrected chi connectivity index (χ2v) is 11.1. The monoisotopic (exact) mass is 277 g/mol. The summed E-state index contributed by atoms with van der Waals surface area (Å²) >= 11 is 20.8. The zero-order chi connectivity index (χ0) is 9.28. The normalized spacial score (nSPS) is 14.0. The van der Waals surface area contributed by atoms with E-state index in [1.54, 1.807) is 0 Å². The van der Waals surface area contributed by atoms with Crippen LogP contribution in [0.4, 0.5) is 0 Å². The van der Waals surface area contributed by atoms with Crippen molar-refractivity contribution in [3.63, 3.8) is 0 Å². The summed E-state index contributed by atoms with van der Waals surface area (Å²) in [7, 11) is 0. The molecule has 0 aromatic carbocycles. The molecule has 0 unspecified atom stereocenters. The van der Waals surface area contributed by atoms with Crippen LogP contribution in [-0.4, -0.2) is 11.0 Å². The van der Waals surface area contributed by atoms with E-state index in [4.69, 9.17) is 45.0 Å². The number of hydrogen-bond donors (Lipinski definition) is 0. The van der Waals surface area contributed by atoms with E-state index in [-0.39, 0.29) is 6.54 Å². The summed E-state index contributed by atoms with van der Waals surface area (Å²) in [4.78, 5) is 0. The van der Waals surface area contributed by atoms with Crippen molar-refractivity contribution in [2.75, 3.05) is 6.54 Å². The number of rotatable bonds is 3. The highest BCUT2D eigenvalue weighted by atomic mass is 35.9. The molecule has 0 N–H and O–H groups in total. The van der Waals surface area contributed by atoms with Crippen LogP contribution < -0.4 is 0 Å². The van der Waals surface area contributed by atoms with Crippen molar-refractivity contribution in [2.24, 2.45) is 0 Å². The van der Waals surface area contributed by atoms with Crippen LogP contribution in [0, 0.1) is 0 Å². The topological polar surface area (TPSA) is 37.4 Å². The van der Waals surface area contributed by atoms with Crippen molar-refractivity contribution in [3.05, 3.63) is 0 Å². The molecule has 0 aliphatic heterocycles.